The summed E-state index contributed by atoms with van der Waals surface area (Å²) in [5.41, 5.74) is 0. The van der Waals surface area contributed by atoms with Crippen LogP contribution in [0, 0.1) is 0 Å². The van der Waals surface area contributed by atoms with Gasteiger partial charge in [-0.15, -0.1) is 0 Å². The number of amides is 2. The number of likely N-dealkylation sites (N-methyl/N-ethyl adjacent to an activating group) is 1. The van der Waals surface area contributed by atoms with Crippen LogP contribution in [0.25, 0.3) is 0 Å². The first-order valence-electron chi connectivity index (χ1n) is 3.69. The van der Waals surface area contributed by atoms with Crippen LogP contribution >= 0.6 is 0 Å². The van der Waals surface area contributed by atoms with Crippen molar-refractivity contribution in [3.05, 3.63) is 0 Å². The van der Waals surface area contributed by atoms with Crippen molar-refractivity contribution in [2.75, 3.05) is 13.6 Å². The molecule has 0 saturated carbocycles. The fourth-order valence-electron chi connectivity index (χ4n) is 1.14. The molecule has 4 heteroatoms. The third kappa shape index (κ3) is 1.50. The van der Waals surface area contributed by atoms with Gasteiger partial charge >= 0.3 is 0 Å². The summed E-state index contributed by atoms with van der Waals surface area (Å²) in [6.45, 7) is 2.07. The molecule has 2 amide bonds. The first-order chi connectivity index (χ1) is 5.15. The van der Waals surface area contributed by atoms with E-state index >= 15 is 0 Å². The van der Waals surface area contributed by atoms with Gasteiger partial charge in [0, 0.05) is 7.05 Å². The van der Waals surface area contributed by atoms with Crippen molar-refractivity contribution < 1.29 is 9.59 Å². The van der Waals surface area contributed by atoms with Crippen molar-refractivity contribution in [3.8, 4) is 0 Å². The van der Waals surface area contributed by atoms with Gasteiger partial charge in [-0.2, -0.15) is 0 Å². The number of nitrogens with one attached hydrogen (secondary N) is 1. The molecule has 1 aliphatic heterocycles. The van der Waals surface area contributed by atoms with E-state index in [4.69, 9.17) is 0 Å². The molecule has 0 aromatic heterocycles. The van der Waals surface area contributed by atoms with E-state index in [1.165, 1.54) is 4.90 Å². The minimum Gasteiger partial charge on any atom is -0.343 e. The molecule has 1 atom stereocenters. The predicted molar refractivity (Wildman–Crippen MR) is 39.9 cm³/mol. The lowest BCUT2D eigenvalue weighted by molar-refractivity contribution is -0.142. The van der Waals surface area contributed by atoms with E-state index in [1.54, 1.807) is 7.05 Å². The molecule has 0 aliphatic carbocycles. The summed E-state index contributed by atoms with van der Waals surface area (Å²) in [6.07, 6.45) is 0.662. The largest absolute Gasteiger partial charge is 0.343 e. The van der Waals surface area contributed by atoms with Gasteiger partial charge in [0.05, 0.1) is 6.54 Å². The highest BCUT2D eigenvalue weighted by molar-refractivity contribution is 5.94. The van der Waals surface area contributed by atoms with Crippen LogP contribution in [0.1, 0.15) is 13.3 Å². The molecule has 4 nitrogen and oxygen atoms in total. The van der Waals surface area contributed by atoms with Crippen molar-refractivity contribution in [2.24, 2.45) is 0 Å². The Balaban J connectivity index is 2.66. The molecule has 0 radical (unpaired) electrons. The van der Waals surface area contributed by atoms with Gasteiger partial charge in [0.25, 0.3) is 0 Å². The maximum absolute atomic E-state index is 11.2. The number of rotatable bonds is 1. The fourth-order valence-corrected chi connectivity index (χ4v) is 1.14. The van der Waals surface area contributed by atoms with Crippen molar-refractivity contribution in [2.45, 2.75) is 19.4 Å². The van der Waals surface area contributed by atoms with E-state index in [1.807, 2.05) is 6.92 Å². The summed E-state index contributed by atoms with van der Waals surface area (Å²) in [6, 6.07) is -0.304. The van der Waals surface area contributed by atoms with Gasteiger partial charge in [0.1, 0.15) is 6.04 Å². The summed E-state index contributed by atoms with van der Waals surface area (Å²) in [7, 11) is 1.64. The third-order valence-electron chi connectivity index (χ3n) is 1.80. The Morgan fingerprint density at radius 1 is 1.64 bits per heavy atom. The number of nitrogens with zero attached hydrogens (tertiary/aromatic N) is 1. The number of hydrogen-bond donors (Lipinski definition) is 1. The van der Waals surface area contributed by atoms with Crippen LogP contribution in [-0.4, -0.2) is 36.3 Å². The Kier molecular flexibility index (Phi) is 2.12. The van der Waals surface area contributed by atoms with Crippen molar-refractivity contribution in [3.63, 3.8) is 0 Å². The Labute approximate surface area is 65.6 Å². The minimum absolute atomic E-state index is 0.00657. The molecule has 0 aromatic carbocycles. The van der Waals surface area contributed by atoms with Gasteiger partial charge in [-0.05, 0) is 6.42 Å². The first-order valence-corrected chi connectivity index (χ1v) is 3.69. The quantitative estimate of drug-likeness (QED) is 0.548. The van der Waals surface area contributed by atoms with E-state index in [0.717, 1.165) is 0 Å². The number of carbonyl (C=O) groups is 2. The van der Waals surface area contributed by atoms with Crippen LogP contribution in [0.15, 0.2) is 0 Å². The van der Waals surface area contributed by atoms with E-state index < -0.39 is 0 Å². The van der Waals surface area contributed by atoms with Crippen LogP contribution in [0.2, 0.25) is 0 Å². The lowest BCUT2D eigenvalue weighted by Crippen LogP contribution is -2.56. The topological polar surface area (TPSA) is 49.4 Å². The zero-order valence-electron chi connectivity index (χ0n) is 6.76. The molecule has 0 spiro atoms. The molecule has 1 aliphatic rings. The molecular weight excluding hydrogens is 144 g/mol. The Hall–Kier alpha value is -1.06. The van der Waals surface area contributed by atoms with Crippen LogP contribution in [0.5, 0.6) is 0 Å². The van der Waals surface area contributed by atoms with E-state index in [-0.39, 0.29) is 24.4 Å². The highest BCUT2D eigenvalue weighted by atomic mass is 16.2. The highest BCUT2D eigenvalue weighted by Crippen LogP contribution is 2.02. The molecule has 1 rings (SSSR count). The SMILES string of the molecule is CC[C@H]1NC(=O)CN(C)C1=O. The normalized spacial score (nSPS) is 25.3. The van der Waals surface area contributed by atoms with Gasteiger partial charge in [0.2, 0.25) is 11.8 Å². The van der Waals surface area contributed by atoms with Crippen LogP contribution < -0.4 is 5.32 Å². The van der Waals surface area contributed by atoms with Gasteiger partial charge in [-0.25, -0.2) is 0 Å². The maximum atomic E-state index is 11.2. The second kappa shape index (κ2) is 2.90. The summed E-state index contributed by atoms with van der Waals surface area (Å²) >= 11 is 0. The lowest BCUT2D eigenvalue weighted by Gasteiger charge is -2.28. The Morgan fingerprint density at radius 2 is 2.27 bits per heavy atom. The molecule has 11 heavy (non-hydrogen) atoms. The second-order valence-corrected chi connectivity index (χ2v) is 2.72. The molecule has 0 aromatic rings. The van der Waals surface area contributed by atoms with Crippen LogP contribution in [0.3, 0.4) is 0 Å². The Morgan fingerprint density at radius 3 is 2.82 bits per heavy atom. The molecule has 0 unspecified atom stereocenters. The smallest absolute Gasteiger partial charge is 0.245 e. The zero-order chi connectivity index (χ0) is 8.43. The van der Waals surface area contributed by atoms with Gasteiger partial charge in [-0.3, -0.25) is 9.59 Å². The average Bonchev–Trinajstić information content (AvgIpc) is 1.96. The Bertz CT molecular complexity index is 191. The molecule has 1 heterocycles. The first kappa shape index (κ1) is 8.04. The van der Waals surface area contributed by atoms with Crippen molar-refractivity contribution >= 4 is 11.8 Å². The molecule has 1 saturated heterocycles. The van der Waals surface area contributed by atoms with Crippen molar-refractivity contribution in [1.82, 2.24) is 10.2 Å². The van der Waals surface area contributed by atoms with Crippen LogP contribution in [-0.2, 0) is 9.59 Å². The lowest BCUT2D eigenvalue weighted by atomic mass is 10.1. The van der Waals surface area contributed by atoms with Crippen molar-refractivity contribution in [1.29, 1.82) is 0 Å². The molecule has 1 N–H and O–H groups in total. The minimum atomic E-state index is -0.304. The molecule has 0 bridgehead atoms. The number of piperazine rings is 1. The number of hydrogen-bond acceptors (Lipinski definition) is 2. The maximum Gasteiger partial charge on any atom is 0.245 e. The molecular formula is C7H12N2O2. The van der Waals surface area contributed by atoms with Gasteiger partial charge < -0.3 is 10.2 Å². The summed E-state index contributed by atoms with van der Waals surface area (Å²) < 4.78 is 0. The van der Waals surface area contributed by atoms with Crippen LogP contribution in [0.4, 0.5) is 0 Å². The zero-order valence-corrected chi connectivity index (χ0v) is 6.76. The number of carbonyl (C=O) groups excluding carboxylic acids is 2. The summed E-state index contributed by atoms with van der Waals surface area (Å²) in [5.74, 6) is -0.0638. The molecule has 62 valence electrons. The monoisotopic (exact) mass is 156 g/mol. The fraction of sp³-hybridized carbons (Fsp3) is 0.714. The van der Waals surface area contributed by atoms with Gasteiger partial charge in [-0.1, -0.05) is 6.92 Å². The van der Waals surface area contributed by atoms with E-state index in [0.29, 0.717) is 6.42 Å². The summed E-state index contributed by atoms with van der Waals surface area (Å²) in [5, 5.41) is 2.62. The summed E-state index contributed by atoms with van der Waals surface area (Å²) in [4.78, 5) is 23.5. The van der Waals surface area contributed by atoms with E-state index in [2.05, 4.69) is 5.32 Å². The second-order valence-electron chi connectivity index (χ2n) is 2.72. The standard InChI is InChI=1S/C7H12N2O2/c1-3-5-7(11)9(2)4-6(10)8-5/h5H,3-4H2,1-2H3,(H,8,10)/t5-/m1/s1. The highest BCUT2D eigenvalue weighted by Gasteiger charge is 2.28. The average molecular weight is 156 g/mol. The third-order valence-corrected chi connectivity index (χ3v) is 1.80. The van der Waals surface area contributed by atoms with E-state index in [9.17, 15) is 9.59 Å². The predicted octanol–water partition coefficient (Wildman–Crippen LogP) is -0.647. The van der Waals surface area contributed by atoms with Gasteiger partial charge in [0.15, 0.2) is 0 Å². The molecule has 1 fully saturated rings.